The second-order valence-corrected chi connectivity index (χ2v) is 5.79. The first-order chi connectivity index (χ1) is 9.63. The molecule has 1 unspecified atom stereocenters. The second kappa shape index (κ2) is 6.13. The lowest BCUT2D eigenvalue weighted by Crippen LogP contribution is -2.53. The van der Waals surface area contributed by atoms with E-state index in [1.165, 1.54) is 24.3 Å². The highest BCUT2D eigenvalue weighted by Gasteiger charge is 2.50. The Morgan fingerprint density at radius 1 is 1.19 bits per heavy atom. The van der Waals surface area contributed by atoms with Crippen molar-refractivity contribution in [2.24, 2.45) is 0 Å². The molecule has 0 radical (unpaired) electrons. The number of rotatable bonds is 5. The van der Waals surface area contributed by atoms with Gasteiger partial charge in [-0.3, -0.25) is 9.59 Å². The van der Waals surface area contributed by atoms with Crippen molar-refractivity contribution >= 4 is 11.9 Å². The first-order valence-corrected chi connectivity index (χ1v) is 6.54. The van der Waals surface area contributed by atoms with E-state index in [0.29, 0.717) is 0 Å². The molecule has 0 spiro atoms. The van der Waals surface area contributed by atoms with Crippen LogP contribution in [0.4, 0.5) is 0 Å². The number of phenols is 1. The van der Waals surface area contributed by atoms with E-state index in [4.69, 9.17) is 4.74 Å². The van der Waals surface area contributed by atoms with Gasteiger partial charge in [0.15, 0.2) is 0 Å². The van der Waals surface area contributed by atoms with Crippen LogP contribution >= 0.6 is 0 Å². The van der Waals surface area contributed by atoms with Gasteiger partial charge in [-0.15, -0.1) is 0 Å². The summed E-state index contributed by atoms with van der Waals surface area (Å²) >= 11 is 0. The number of likely N-dealkylation sites (N-methyl/N-ethyl adjacent to an activating group) is 1. The summed E-state index contributed by atoms with van der Waals surface area (Å²) in [7, 11) is 1.56. The summed E-state index contributed by atoms with van der Waals surface area (Å²) in [5, 5.41) is 21.7. The molecule has 0 aliphatic carbocycles. The highest BCUT2D eigenvalue weighted by atomic mass is 16.6. The summed E-state index contributed by atoms with van der Waals surface area (Å²) in [5.74, 6) is -2.16. The number of aliphatic carboxylic acids is 1. The maximum absolute atomic E-state index is 12.5. The third kappa shape index (κ3) is 3.72. The maximum Gasteiger partial charge on any atom is 0.329 e. The van der Waals surface area contributed by atoms with Crippen LogP contribution in [0.2, 0.25) is 0 Å². The fourth-order valence-electron chi connectivity index (χ4n) is 1.95. The molecule has 0 fully saturated rings. The molecule has 0 amide bonds. The minimum absolute atomic E-state index is 0.00770. The lowest BCUT2D eigenvalue weighted by Gasteiger charge is -2.31. The molecule has 116 valence electrons. The zero-order valence-electron chi connectivity index (χ0n) is 12.6. The van der Waals surface area contributed by atoms with Crippen LogP contribution in [0, 0.1) is 0 Å². The van der Waals surface area contributed by atoms with E-state index in [9.17, 15) is 19.8 Å². The minimum Gasteiger partial charge on any atom is -0.508 e. The van der Waals surface area contributed by atoms with Crippen LogP contribution in [0.15, 0.2) is 24.3 Å². The van der Waals surface area contributed by atoms with Crippen molar-refractivity contribution in [3.63, 3.8) is 0 Å². The van der Waals surface area contributed by atoms with Gasteiger partial charge in [0.2, 0.25) is 5.41 Å². The van der Waals surface area contributed by atoms with Gasteiger partial charge >= 0.3 is 11.9 Å². The Labute approximate surface area is 123 Å². The standard InChI is InChI=1S/C15H21NO5/c1-14(2,3)21-13(20)15(9-16-4,12(18)19)10-5-7-11(17)8-6-10/h5-8,16-17H,9H2,1-4H3,(H,18,19). The van der Waals surface area contributed by atoms with Crippen LogP contribution in [-0.2, 0) is 19.7 Å². The number of ether oxygens (including phenoxy) is 1. The van der Waals surface area contributed by atoms with Crippen LogP contribution in [0.25, 0.3) is 0 Å². The van der Waals surface area contributed by atoms with Gasteiger partial charge in [-0.25, -0.2) is 0 Å². The van der Waals surface area contributed by atoms with Gasteiger partial charge in [0.25, 0.3) is 0 Å². The Morgan fingerprint density at radius 3 is 2.10 bits per heavy atom. The summed E-state index contributed by atoms with van der Waals surface area (Å²) < 4.78 is 5.28. The lowest BCUT2D eigenvalue weighted by molar-refractivity contribution is -0.169. The third-order valence-electron chi connectivity index (χ3n) is 2.91. The molecule has 1 rings (SSSR count). The van der Waals surface area contributed by atoms with Crippen molar-refractivity contribution < 1.29 is 24.5 Å². The first kappa shape index (κ1) is 17.0. The Hall–Kier alpha value is -2.08. The van der Waals surface area contributed by atoms with Gasteiger partial charge in [0, 0.05) is 6.54 Å². The summed E-state index contributed by atoms with van der Waals surface area (Å²) in [4.78, 5) is 24.3. The largest absolute Gasteiger partial charge is 0.508 e. The van der Waals surface area contributed by atoms with E-state index < -0.39 is 23.0 Å². The minimum atomic E-state index is -1.87. The number of nitrogens with one attached hydrogen (secondary N) is 1. The van der Waals surface area contributed by atoms with Gasteiger partial charge in [-0.05, 0) is 45.5 Å². The monoisotopic (exact) mass is 295 g/mol. The summed E-state index contributed by atoms with van der Waals surface area (Å²) in [5.41, 5.74) is -2.42. The maximum atomic E-state index is 12.5. The first-order valence-electron chi connectivity index (χ1n) is 6.54. The molecular formula is C15H21NO5. The molecule has 1 aromatic rings. The molecule has 0 heterocycles. The van der Waals surface area contributed by atoms with Gasteiger partial charge in [-0.1, -0.05) is 12.1 Å². The number of benzene rings is 1. The van der Waals surface area contributed by atoms with Crippen LogP contribution in [0.1, 0.15) is 26.3 Å². The summed E-state index contributed by atoms with van der Waals surface area (Å²) in [6.07, 6.45) is 0. The number of aromatic hydroxyl groups is 1. The lowest BCUT2D eigenvalue weighted by atomic mass is 9.80. The smallest absolute Gasteiger partial charge is 0.329 e. The number of hydrogen-bond donors (Lipinski definition) is 3. The zero-order chi connectivity index (χ0) is 16.3. The number of hydrogen-bond acceptors (Lipinski definition) is 5. The number of esters is 1. The van der Waals surface area contributed by atoms with E-state index in [-0.39, 0.29) is 17.9 Å². The summed E-state index contributed by atoms with van der Waals surface area (Å²) in [6.45, 7) is 4.90. The van der Waals surface area contributed by atoms with Gasteiger partial charge in [0.1, 0.15) is 11.4 Å². The molecule has 3 N–H and O–H groups in total. The predicted octanol–water partition coefficient (Wildman–Crippen LogP) is 1.28. The Morgan fingerprint density at radius 2 is 1.71 bits per heavy atom. The second-order valence-electron chi connectivity index (χ2n) is 5.79. The molecule has 21 heavy (non-hydrogen) atoms. The molecule has 0 saturated carbocycles. The van der Waals surface area contributed by atoms with Gasteiger partial charge in [-0.2, -0.15) is 0 Å². The van der Waals surface area contributed by atoms with E-state index in [0.717, 1.165) is 0 Å². The van der Waals surface area contributed by atoms with E-state index >= 15 is 0 Å². The molecule has 6 heteroatoms. The van der Waals surface area contributed by atoms with Crippen LogP contribution in [0.3, 0.4) is 0 Å². The molecule has 0 aliphatic heterocycles. The molecule has 1 atom stereocenters. The summed E-state index contributed by atoms with van der Waals surface area (Å²) in [6, 6.07) is 5.50. The van der Waals surface area contributed by atoms with Crippen molar-refractivity contribution in [3.05, 3.63) is 29.8 Å². The predicted molar refractivity (Wildman–Crippen MR) is 77.2 cm³/mol. The topological polar surface area (TPSA) is 95.9 Å². The highest BCUT2D eigenvalue weighted by molar-refractivity contribution is 6.06. The highest BCUT2D eigenvalue weighted by Crippen LogP contribution is 2.29. The van der Waals surface area contributed by atoms with Crippen molar-refractivity contribution in [2.75, 3.05) is 13.6 Å². The molecule has 1 aromatic carbocycles. The van der Waals surface area contributed by atoms with E-state index in [1.54, 1.807) is 27.8 Å². The molecule has 6 nitrogen and oxygen atoms in total. The molecular weight excluding hydrogens is 274 g/mol. The van der Waals surface area contributed by atoms with Crippen LogP contribution in [0.5, 0.6) is 5.75 Å². The van der Waals surface area contributed by atoms with Crippen molar-refractivity contribution in [1.29, 1.82) is 0 Å². The van der Waals surface area contributed by atoms with Gasteiger partial charge < -0.3 is 20.3 Å². The van der Waals surface area contributed by atoms with E-state index in [2.05, 4.69) is 5.32 Å². The third-order valence-corrected chi connectivity index (χ3v) is 2.91. The Balaban J connectivity index is 3.37. The normalized spacial score (nSPS) is 14.3. The van der Waals surface area contributed by atoms with Crippen molar-refractivity contribution in [3.8, 4) is 5.75 Å². The Kier molecular flexibility index (Phi) is 4.96. The average Bonchev–Trinajstić information content (AvgIpc) is 2.34. The number of carboxylic acid groups (broad SMARTS) is 1. The van der Waals surface area contributed by atoms with Crippen molar-refractivity contribution in [2.45, 2.75) is 31.8 Å². The quantitative estimate of drug-likeness (QED) is 0.559. The molecule has 0 aliphatic rings. The average molecular weight is 295 g/mol. The number of carbonyl (C=O) groups is 2. The fraction of sp³-hybridized carbons (Fsp3) is 0.467. The van der Waals surface area contributed by atoms with E-state index in [1.807, 2.05) is 0 Å². The number of phenolic OH excluding ortho intramolecular Hbond substituents is 1. The number of carbonyl (C=O) groups excluding carboxylic acids is 1. The van der Waals surface area contributed by atoms with Crippen molar-refractivity contribution in [1.82, 2.24) is 5.32 Å². The molecule has 0 saturated heterocycles. The number of carboxylic acids is 1. The van der Waals surface area contributed by atoms with Crippen LogP contribution < -0.4 is 5.32 Å². The Bertz CT molecular complexity index is 518. The van der Waals surface area contributed by atoms with Gasteiger partial charge in [0.05, 0.1) is 0 Å². The fourth-order valence-corrected chi connectivity index (χ4v) is 1.95. The van der Waals surface area contributed by atoms with Crippen LogP contribution in [-0.4, -0.2) is 41.3 Å². The SMILES string of the molecule is CNCC(C(=O)O)(C(=O)OC(C)(C)C)c1ccc(O)cc1. The molecule has 0 bridgehead atoms. The molecule has 0 aromatic heterocycles. The zero-order valence-corrected chi connectivity index (χ0v) is 12.6.